The number of hydrogen-bond acceptors (Lipinski definition) is 2. The van der Waals surface area contributed by atoms with Crippen molar-refractivity contribution in [2.45, 2.75) is 20.8 Å². The van der Waals surface area contributed by atoms with Gasteiger partial charge >= 0.3 is 5.97 Å². The van der Waals surface area contributed by atoms with Crippen LogP contribution in [0.5, 0.6) is 0 Å². The van der Waals surface area contributed by atoms with Gasteiger partial charge in [0.15, 0.2) is 0 Å². The predicted molar refractivity (Wildman–Crippen MR) is 40.6 cm³/mol. The summed E-state index contributed by atoms with van der Waals surface area (Å²) in [4.78, 5) is 10.2. The van der Waals surface area contributed by atoms with E-state index in [1.54, 1.807) is 0 Å². The van der Waals surface area contributed by atoms with E-state index in [0.29, 0.717) is 12.5 Å². The number of carbonyl (C=O) groups excluding carboxylic acids is 1. The average Bonchev–Trinajstić information content (AvgIpc) is 1.79. The van der Waals surface area contributed by atoms with E-state index in [9.17, 15) is 4.79 Å². The third-order valence-electron chi connectivity index (χ3n) is 0.904. The average molecular weight is 142 g/mol. The molecule has 0 bridgehead atoms. The molecule has 0 aliphatic carbocycles. The zero-order valence-electron chi connectivity index (χ0n) is 6.76. The molecule has 58 valence electrons. The maximum atomic E-state index is 10.2. The van der Waals surface area contributed by atoms with Gasteiger partial charge in [-0.2, -0.15) is 0 Å². The SMILES string of the molecule is CC(=O)OC/C=C\C(C)C. The van der Waals surface area contributed by atoms with Crippen LogP contribution in [0.15, 0.2) is 12.2 Å². The van der Waals surface area contributed by atoms with Gasteiger partial charge in [-0.1, -0.05) is 26.0 Å². The van der Waals surface area contributed by atoms with Crippen LogP contribution >= 0.6 is 0 Å². The van der Waals surface area contributed by atoms with Crippen molar-refractivity contribution in [3.05, 3.63) is 12.2 Å². The number of rotatable bonds is 3. The van der Waals surface area contributed by atoms with Gasteiger partial charge in [0.2, 0.25) is 0 Å². The van der Waals surface area contributed by atoms with Crippen LogP contribution in [0.3, 0.4) is 0 Å². The molecule has 0 aliphatic rings. The molecule has 2 nitrogen and oxygen atoms in total. The van der Waals surface area contributed by atoms with E-state index in [1.165, 1.54) is 6.92 Å². The lowest BCUT2D eigenvalue weighted by Crippen LogP contribution is -1.97. The summed E-state index contributed by atoms with van der Waals surface area (Å²) in [5.74, 6) is 0.295. The lowest BCUT2D eigenvalue weighted by molar-refractivity contribution is -0.139. The van der Waals surface area contributed by atoms with Gasteiger partial charge in [-0.05, 0) is 5.92 Å². The molecule has 0 spiro atoms. The van der Waals surface area contributed by atoms with Crippen LogP contribution in [0.2, 0.25) is 0 Å². The van der Waals surface area contributed by atoms with Crippen molar-refractivity contribution in [3.63, 3.8) is 0 Å². The normalized spacial score (nSPS) is 10.8. The molecule has 2 heteroatoms. The van der Waals surface area contributed by atoms with Gasteiger partial charge in [0.1, 0.15) is 6.61 Å². The maximum Gasteiger partial charge on any atom is 0.302 e. The van der Waals surface area contributed by atoms with Crippen molar-refractivity contribution >= 4 is 5.97 Å². The third-order valence-corrected chi connectivity index (χ3v) is 0.904. The van der Waals surface area contributed by atoms with Crippen molar-refractivity contribution < 1.29 is 9.53 Å². The van der Waals surface area contributed by atoms with Crippen molar-refractivity contribution in [1.29, 1.82) is 0 Å². The highest BCUT2D eigenvalue weighted by Gasteiger charge is 1.87. The minimum atomic E-state index is -0.228. The summed E-state index contributed by atoms with van der Waals surface area (Å²) in [5.41, 5.74) is 0. The molecule has 0 aromatic heterocycles. The zero-order valence-corrected chi connectivity index (χ0v) is 6.76. The van der Waals surface area contributed by atoms with E-state index in [0.717, 1.165) is 0 Å². The molecular formula is C8H14O2. The zero-order chi connectivity index (χ0) is 7.98. The second-order valence-corrected chi connectivity index (χ2v) is 2.47. The highest BCUT2D eigenvalue weighted by Crippen LogP contribution is 1.92. The molecular weight excluding hydrogens is 128 g/mol. The van der Waals surface area contributed by atoms with Crippen LogP contribution in [-0.2, 0) is 9.53 Å². The van der Waals surface area contributed by atoms with Crippen LogP contribution in [0.4, 0.5) is 0 Å². The van der Waals surface area contributed by atoms with E-state index in [2.05, 4.69) is 18.6 Å². The second-order valence-electron chi connectivity index (χ2n) is 2.47. The standard InChI is InChI=1S/C8H14O2/c1-7(2)5-4-6-10-8(3)9/h4-5,7H,6H2,1-3H3/b5-4-. The molecule has 0 aliphatic heterocycles. The van der Waals surface area contributed by atoms with Crippen LogP contribution in [0, 0.1) is 5.92 Å². The summed E-state index contributed by atoms with van der Waals surface area (Å²) in [5, 5.41) is 0. The molecule has 0 unspecified atom stereocenters. The smallest absolute Gasteiger partial charge is 0.302 e. The summed E-state index contributed by atoms with van der Waals surface area (Å²) in [6.45, 7) is 5.95. The first-order valence-corrected chi connectivity index (χ1v) is 3.43. The molecule has 0 heterocycles. The minimum Gasteiger partial charge on any atom is -0.462 e. The Morgan fingerprint density at radius 1 is 1.60 bits per heavy atom. The van der Waals surface area contributed by atoms with Crippen molar-refractivity contribution in [1.82, 2.24) is 0 Å². The van der Waals surface area contributed by atoms with Crippen LogP contribution < -0.4 is 0 Å². The third kappa shape index (κ3) is 7.21. The van der Waals surface area contributed by atoms with Gasteiger partial charge in [-0.3, -0.25) is 4.79 Å². The molecule has 0 radical (unpaired) electrons. The van der Waals surface area contributed by atoms with Gasteiger partial charge in [0, 0.05) is 6.92 Å². The van der Waals surface area contributed by atoms with E-state index in [1.807, 2.05) is 12.2 Å². The van der Waals surface area contributed by atoms with E-state index < -0.39 is 0 Å². The number of hydrogen-bond donors (Lipinski definition) is 0. The highest BCUT2D eigenvalue weighted by atomic mass is 16.5. The van der Waals surface area contributed by atoms with Crippen LogP contribution in [-0.4, -0.2) is 12.6 Å². The molecule has 0 N–H and O–H groups in total. The van der Waals surface area contributed by atoms with Gasteiger partial charge in [0.25, 0.3) is 0 Å². The number of carbonyl (C=O) groups is 1. The maximum absolute atomic E-state index is 10.2. The lowest BCUT2D eigenvalue weighted by Gasteiger charge is -1.95. The Labute approximate surface area is 61.9 Å². The first kappa shape index (κ1) is 9.21. The summed E-state index contributed by atoms with van der Waals surface area (Å²) in [6, 6.07) is 0. The summed E-state index contributed by atoms with van der Waals surface area (Å²) in [7, 11) is 0. The van der Waals surface area contributed by atoms with Gasteiger partial charge < -0.3 is 4.74 Å². The Morgan fingerprint density at radius 3 is 2.60 bits per heavy atom. The molecule has 0 fully saturated rings. The number of esters is 1. The van der Waals surface area contributed by atoms with Crippen molar-refractivity contribution in [2.24, 2.45) is 5.92 Å². The Balaban J connectivity index is 3.27. The van der Waals surface area contributed by atoms with Gasteiger partial charge in [-0.25, -0.2) is 0 Å². The Hall–Kier alpha value is -0.790. The summed E-state index contributed by atoms with van der Waals surface area (Å²) < 4.78 is 4.67. The molecule has 0 aromatic carbocycles. The molecule has 0 aromatic rings. The van der Waals surface area contributed by atoms with Crippen molar-refractivity contribution in [3.8, 4) is 0 Å². The molecule has 0 saturated carbocycles. The monoisotopic (exact) mass is 142 g/mol. The molecule has 0 rings (SSSR count). The largest absolute Gasteiger partial charge is 0.462 e. The quantitative estimate of drug-likeness (QED) is 0.443. The number of allylic oxidation sites excluding steroid dienone is 1. The summed E-state index contributed by atoms with van der Waals surface area (Å²) in [6.07, 6.45) is 3.86. The molecule has 10 heavy (non-hydrogen) atoms. The Bertz CT molecular complexity index is 125. The molecule has 0 amide bonds. The minimum absolute atomic E-state index is 0.228. The van der Waals surface area contributed by atoms with Crippen molar-refractivity contribution in [2.75, 3.05) is 6.61 Å². The first-order valence-electron chi connectivity index (χ1n) is 3.43. The van der Waals surface area contributed by atoms with E-state index >= 15 is 0 Å². The van der Waals surface area contributed by atoms with E-state index in [4.69, 9.17) is 0 Å². The Kier molecular flexibility index (Phi) is 4.63. The fraction of sp³-hybridized carbons (Fsp3) is 0.625. The fourth-order valence-corrected chi connectivity index (χ4v) is 0.493. The fourth-order valence-electron chi connectivity index (χ4n) is 0.493. The second kappa shape index (κ2) is 5.03. The predicted octanol–water partition coefficient (Wildman–Crippen LogP) is 1.76. The van der Waals surface area contributed by atoms with Crippen LogP contribution in [0.25, 0.3) is 0 Å². The number of ether oxygens (including phenoxy) is 1. The molecule has 0 saturated heterocycles. The molecule has 0 atom stereocenters. The topological polar surface area (TPSA) is 26.3 Å². The van der Waals surface area contributed by atoms with Gasteiger partial charge in [0.05, 0.1) is 0 Å². The van der Waals surface area contributed by atoms with Crippen LogP contribution in [0.1, 0.15) is 20.8 Å². The van der Waals surface area contributed by atoms with Gasteiger partial charge in [-0.15, -0.1) is 0 Å². The van der Waals surface area contributed by atoms with E-state index in [-0.39, 0.29) is 5.97 Å². The Morgan fingerprint density at radius 2 is 2.20 bits per heavy atom. The highest BCUT2D eigenvalue weighted by molar-refractivity contribution is 5.65. The summed E-state index contributed by atoms with van der Waals surface area (Å²) >= 11 is 0. The first-order chi connectivity index (χ1) is 4.63. The lowest BCUT2D eigenvalue weighted by atomic mass is 10.2.